The number of halogens is 1. The lowest BCUT2D eigenvalue weighted by molar-refractivity contribution is 0.598. The molecule has 1 aliphatic heterocycles. The lowest BCUT2D eigenvalue weighted by atomic mass is 9.98. The minimum absolute atomic E-state index is 0.308. The molecular weight excluding hydrogens is 290 g/mol. The van der Waals surface area contributed by atoms with Gasteiger partial charge in [-0.25, -0.2) is 8.42 Å². The summed E-state index contributed by atoms with van der Waals surface area (Å²) in [6.07, 6.45) is 2.26. The average Bonchev–Trinajstić information content (AvgIpc) is 2.68. The zero-order valence-electron chi connectivity index (χ0n) is 9.03. The zero-order valence-corrected chi connectivity index (χ0v) is 11.4. The smallest absolute Gasteiger partial charge is 0.175 e. The number of rotatable bonds is 2. The highest BCUT2D eigenvalue weighted by Crippen LogP contribution is 2.30. The maximum atomic E-state index is 11.7. The number of hydrogen-bond donors (Lipinski definition) is 1. The maximum Gasteiger partial charge on any atom is 0.175 e. The second kappa shape index (κ2) is 4.47. The van der Waals surface area contributed by atoms with E-state index in [2.05, 4.69) is 21.2 Å². The molecule has 1 aliphatic rings. The van der Waals surface area contributed by atoms with Crippen molar-refractivity contribution in [1.29, 1.82) is 0 Å². The first-order valence-electron chi connectivity index (χ1n) is 5.19. The van der Waals surface area contributed by atoms with Crippen molar-refractivity contribution in [3.8, 4) is 0 Å². The third-order valence-corrected chi connectivity index (χ3v) is 4.54. The van der Waals surface area contributed by atoms with Gasteiger partial charge in [-0.3, -0.25) is 0 Å². The van der Waals surface area contributed by atoms with Crippen LogP contribution in [0, 0.1) is 0 Å². The van der Waals surface area contributed by atoms with Crippen LogP contribution in [-0.2, 0) is 9.84 Å². The van der Waals surface area contributed by atoms with Crippen LogP contribution in [0.5, 0.6) is 0 Å². The fourth-order valence-corrected chi connectivity index (χ4v) is 3.44. The quantitative estimate of drug-likeness (QED) is 0.908. The first-order valence-corrected chi connectivity index (χ1v) is 7.87. The molecule has 0 spiro atoms. The van der Waals surface area contributed by atoms with Crippen molar-refractivity contribution in [3.05, 3.63) is 28.2 Å². The molecule has 0 aliphatic carbocycles. The minimum atomic E-state index is -3.14. The fraction of sp³-hybridized carbons (Fsp3) is 0.455. The maximum absolute atomic E-state index is 11.7. The van der Waals surface area contributed by atoms with Gasteiger partial charge in [-0.15, -0.1) is 0 Å². The van der Waals surface area contributed by atoms with E-state index >= 15 is 0 Å². The molecule has 1 fully saturated rings. The lowest BCUT2D eigenvalue weighted by Gasteiger charge is -2.14. The fourth-order valence-electron chi connectivity index (χ4n) is 2.10. The predicted octanol–water partition coefficient (Wildman–Crippen LogP) is 1.93. The van der Waals surface area contributed by atoms with E-state index in [0.717, 1.165) is 29.5 Å². The van der Waals surface area contributed by atoms with Gasteiger partial charge in [0.05, 0.1) is 4.90 Å². The second-order valence-electron chi connectivity index (χ2n) is 4.14. The first kappa shape index (κ1) is 12.1. The van der Waals surface area contributed by atoms with Crippen LogP contribution in [0.2, 0.25) is 0 Å². The van der Waals surface area contributed by atoms with E-state index in [9.17, 15) is 8.42 Å². The largest absolute Gasteiger partial charge is 0.316 e. The third-order valence-electron chi connectivity index (χ3n) is 2.87. The van der Waals surface area contributed by atoms with E-state index in [-0.39, 0.29) is 0 Å². The van der Waals surface area contributed by atoms with Gasteiger partial charge in [0.25, 0.3) is 0 Å². The molecule has 1 N–H and O–H groups in total. The molecule has 0 saturated carbocycles. The van der Waals surface area contributed by atoms with Crippen molar-refractivity contribution < 1.29 is 8.42 Å². The molecule has 1 aromatic carbocycles. The van der Waals surface area contributed by atoms with E-state index in [0.29, 0.717) is 10.8 Å². The minimum Gasteiger partial charge on any atom is -0.316 e. The normalized spacial score (nSPS) is 21.2. The molecule has 0 bridgehead atoms. The Kier molecular flexibility index (Phi) is 3.37. The van der Waals surface area contributed by atoms with Crippen molar-refractivity contribution >= 4 is 25.8 Å². The number of nitrogens with one attached hydrogen (secondary N) is 1. The molecule has 1 unspecified atom stereocenters. The highest BCUT2D eigenvalue weighted by molar-refractivity contribution is 9.10. The summed E-state index contributed by atoms with van der Waals surface area (Å²) in [5, 5.41) is 3.26. The Labute approximate surface area is 104 Å². The van der Waals surface area contributed by atoms with Crippen molar-refractivity contribution in [2.24, 2.45) is 0 Å². The van der Waals surface area contributed by atoms with E-state index in [1.54, 1.807) is 12.1 Å². The second-order valence-corrected chi connectivity index (χ2v) is 7.04. The Morgan fingerprint density at radius 2 is 2.19 bits per heavy atom. The molecule has 1 heterocycles. The van der Waals surface area contributed by atoms with Gasteiger partial charge in [0.15, 0.2) is 9.84 Å². The molecule has 88 valence electrons. The van der Waals surface area contributed by atoms with Crippen molar-refractivity contribution in [2.75, 3.05) is 19.3 Å². The van der Waals surface area contributed by atoms with Crippen LogP contribution < -0.4 is 5.32 Å². The molecule has 0 radical (unpaired) electrons. The number of sulfone groups is 1. The van der Waals surface area contributed by atoms with Crippen LogP contribution in [0.3, 0.4) is 0 Å². The Morgan fingerprint density at radius 3 is 2.75 bits per heavy atom. The van der Waals surface area contributed by atoms with Crippen LogP contribution in [0.4, 0.5) is 0 Å². The Balaban J connectivity index is 2.52. The van der Waals surface area contributed by atoms with Gasteiger partial charge in [-0.2, -0.15) is 0 Å². The standard InChI is InChI=1S/C11H14BrNO2S/c1-16(14,15)11-3-2-9(12)6-10(11)8-4-5-13-7-8/h2-3,6,8,13H,4-5,7H2,1H3. The third kappa shape index (κ3) is 2.47. The van der Waals surface area contributed by atoms with Gasteiger partial charge in [0, 0.05) is 17.3 Å². The topological polar surface area (TPSA) is 46.2 Å². The Bertz CT molecular complexity index is 493. The van der Waals surface area contributed by atoms with Gasteiger partial charge >= 0.3 is 0 Å². The van der Waals surface area contributed by atoms with Gasteiger partial charge in [0.1, 0.15) is 0 Å². The summed E-state index contributed by atoms with van der Waals surface area (Å²) >= 11 is 3.39. The van der Waals surface area contributed by atoms with Gasteiger partial charge < -0.3 is 5.32 Å². The van der Waals surface area contributed by atoms with E-state index in [1.807, 2.05) is 6.07 Å². The van der Waals surface area contributed by atoms with Crippen LogP contribution >= 0.6 is 15.9 Å². The summed E-state index contributed by atoms with van der Waals surface area (Å²) in [5.41, 5.74) is 0.932. The first-order chi connectivity index (χ1) is 7.48. The lowest BCUT2D eigenvalue weighted by Crippen LogP contribution is -2.11. The summed E-state index contributed by atoms with van der Waals surface area (Å²) in [7, 11) is -3.14. The molecule has 1 aromatic rings. The van der Waals surface area contributed by atoms with Crippen molar-refractivity contribution in [2.45, 2.75) is 17.2 Å². The molecule has 5 heteroatoms. The molecule has 1 atom stereocenters. The molecule has 0 aromatic heterocycles. The summed E-state index contributed by atoms with van der Waals surface area (Å²) in [6, 6.07) is 5.39. The molecule has 1 saturated heterocycles. The summed E-state index contributed by atoms with van der Waals surface area (Å²) < 4.78 is 24.3. The monoisotopic (exact) mass is 303 g/mol. The molecule has 0 amide bonds. The summed E-state index contributed by atoms with van der Waals surface area (Å²) in [6.45, 7) is 1.82. The van der Waals surface area contributed by atoms with E-state index in [1.165, 1.54) is 6.26 Å². The molecule has 2 rings (SSSR count). The van der Waals surface area contributed by atoms with Gasteiger partial charge in [-0.1, -0.05) is 15.9 Å². The number of hydrogen-bond acceptors (Lipinski definition) is 3. The Hall–Kier alpha value is -0.390. The van der Waals surface area contributed by atoms with Crippen molar-refractivity contribution in [3.63, 3.8) is 0 Å². The van der Waals surface area contributed by atoms with Crippen molar-refractivity contribution in [1.82, 2.24) is 5.32 Å². The Morgan fingerprint density at radius 1 is 1.44 bits per heavy atom. The zero-order chi connectivity index (χ0) is 11.8. The van der Waals surface area contributed by atoms with E-state index in [4.69, 9.17) is 0 Å². The molecular formula is C11H14BrNO2S. The van der Waals surface area contributed by atoms with Crippen LogP contribution in [0.15, 0.2) is 27.6 Å². The van der Waals surface area contributed by atoms with Crippen LogP contribution in [-0.4, -0.2) is 27.8 Å². The summed E-state index contributed by atoms with van der Waals surface area (Å²) in [5.74, 6) is 0.308. The highest BCUT2D eigenvalue weighted by atomic mass is 79.9. The van der Waals surface area contributed by atoms with E-state index < -0.39 is 9.84 Å². The van der Waals surface area contributed by atoms with Crippen LogP contribution in [0.25, 0.3) is 0 Å². The van der Waals surface area contributed by atoms with Crippen LogP contribution in [0.1, 0.15) is 17.9 Å². The predicted molar refractivity (Wildman–Crippen MR) is 67.5 cm³/mol. The number of benzene rings is 1. The van der Waals surface area contributed by atoms with Gasteiger partial charge in [-0.05, 0) is 42.6 Å². The SMILES string of the molecule is CS(=O)(=O)c1ccc(Br)cc1C1CCNC1. The molecule has 3 nitrogen and oxygen atoms in total. The molecule has 16 heavy (non-hydrogen) atoms. The van der Waals surface area contributed by atoms with Gasteiger partial charge in [0.2, 0.25) is 0 Å². The average molecular weight is 304 g/mol. The summed E-state index contributed by atoms with van der Waals surface area (Å²) in [4.78, 5) is 0.462. The highest BCUT2D eigenvalue weighted by Gasteiger charge is 2.23.